The van der Waals surface area contributed by atoms with Crippen molar-refractivity contribution in [2.75, 3.05) is 6.61 Å². The highest BCUT2D eigenvalue weighted by molar-refractivity contribution is 6.32. The predicted octanol–water partition coefficient (Wildman–Crippen LogP) is 3.08. The first-order valence-corrected chi connectivity index (χ1v) is 4.98. The molecule has 0 fully saturated rings. The summed E-state index contributed by atoms with van der Waals surface area (Å²) in [6, 6.07) is 4.36. The Balaban J connectivity index is 2.75. The van der Waals surface area contributed by atoms with Gasteiger partial charge < -0.3 is 9.84 Å². The van der Waals surface area contributed by atoms with Crippen LogP contribution in [-0.4, -0.2) is 24.1 Å². The van der Waals surface area contributed by atoms with Gasteiger partial charge in [0.2, 0.25) is 0 Å². The molecule has 6 heteroatoms. The average molecular weight is 263 g/mol. The molecule has 92 valence electrons. The van der Waals surface area contributed by atoms with Gasteiger partial charge in [-0.1, -0.05) is 17.7 Å². The van der Waals surface area contributed by atoms with Crippen molar-refractivity contribution < 1.29 is 23.4 Å². The molecule has 17 heavy (non-hydrogen) atoms. The molecule has 1 rings (SSSR count). The summed E-state index contributed by atoms with van der Waals surface area (Å²) < 4.78 is 28.5. The third-order valence-corrected chi connectivity index (χ3v) is 2.03. The molecule has 3 nitrogen and oxygen atoms in total. The van der Waals surface area contributed by atoms with Crippen LogP contribution in [0.3, 0.4) is 0 Å². The highest BCUT2D eigenvalue weighted by Crippen LogP contribution is 2.26. The molecule has 0 saturated carbocycles. The summed E-state index contributed by atoms with van der Waals surface area (Å²) in [5, 5.41) is 8.57. The largest absolute Gasteiger partial charge is 0.486 e. The first-order valence-electron chi connectivity index (χ1n) is 4.60. The predicted molar refractivity (Wildman–Crippen MR) is 59.6 cm³/mol. The first kappa shape index (κ1) is 13.4. The molecule has 0 radical (unpaired) electrons. The molecular formula is C11H9ClF2O3. The van der Waals surface area contributed by atoms with Gasteiger partial charge in [0.1, 0.15) is 12.4 Å². The Kier molecular flexibility index (Phi) is 4.90. The molecule has 1 N–H and O–H groups in total. The Bertz CT molecular complexity index is 433. The normalized spacial score (nSPS) is 11.1. The fourth-order valence-electron chi connectivity index (χ4n) is 1.06. The van der Waals surface area contributed by atoms with E-state index in [1.54, 1.807) is 0 Å². The van der Waals surface area contributed by atoms with Crippen LogP contribution in [-0.2, 0) is 4.79 Å². The van der Waals surface area contributed by atoms with Crippen LogP contribution >= 0.6 is 11.6 Å². The van der Waals surface area contributed by atoms with Crippen molar-refractivity contribution in [3.8, 4) is 5.75 Å². The van der Waals surface area contributed by atoms with E-state index < -0.39 is 19.0 Å². The number of benzene rings is 1. The summed E-state index contributed by atoms with van der Waals surface area (Å²) in [5.41, 5.74) is 0.543. The van der Waals surface area contributed by atoms with Gasteiger partial charge in [-0.2, -0.15) is 0 Å². The van der Waals surface area contributed by atoms with Crippen molar-refractivity contribution in [1.82, 2.24) is 0 Å². The number of halogens is 3. The molecule has 0 aliphatic heterocycles. The highest BCUT2D eigenvalue weighted by atomic mass is 35.5. The second-order valence-electron chi connectivity index (χ2n) is 3.06. The minimum atomic E-state index is -2.57. The zero-order valence-electron chi connectivity index (χ0n) is 8.57. The molecule has 0 unspecified atom stereocenters. The number of hydrogen-bond donors (Lipinski definition) is 1. The molecule has 0 aliphatic carbocycles. The van der Waals surface area contributed by atoms with Gasteiger partial charge in [-0.3, -0.25) is 0 Å². The van der Waals surface area contributed by atoms with Crippen molar-refractivity contribution in [3.63, 3.8) is 0 Å². The third kappa shape index (κ3) is 4.82. The molecule has 0 amide bonds. The SMILES string of the molecule is O=C(O)C=Cc1ccc(OCC(F)F)c(Cl)c1. The van der Waals surface area contributed by atoms with Crippen LogP contribution in [0, 0.1) is 0 Å². The highest BCUT2D eigenvalue weighted by Gasteiger charge is 2.06. The Hall–Kier alpha value is -1.62. The van der Waals surface area contributed by atoms with Gasteiger partial charge >= 0.3 is 5.97 Å². The number of hydrogen-bond acceptors (Lipinski definition) is 2. The molecule has 0 aromatic heterocycles. The van der Waals surface area contributed by atoms with Crippen molar-refractivity contribution in [1.29, 1.82) is 0 Å². The van der Waals surface area contributed by atoms with E-state index in [1.807, 2.05) is 0 Å². The third-order valence-electron chi connectivity index (χ3n) is 1.74. The van der Waals surface area contributed by atoms with Crippen LogP contribution in [0.2, 0.25) is 5.02 Å². The van der Waals surface area contributed by atoms with Crippen LogP contribution in [0.25, 0.3) is 6.08 Å². The van der Waals surface area contributed by atoms with E-state index in [-0.39, 0.29) is 10.8 Å². The van der Waals surface area contributed by atoms with Crippen molar-refractivity contribution in [2.24, 2.45) is 0 Å². The van der Waals surface area contributed by atoms with E-state index in [0.717, 1.165) is 6.08 Å². The van der Waals surface area contributed by atoms with Gasteiger partial charge in [0, 0.05) is 6.08 Å². The maximum atomic E-state index is 11.9. The topological polar surface area (TPSA) is 46.5 Å². The number of rotatable bonds is 5. The van der Waals surface area contributed by atoms with Crippen molar-refractivity contribution in [3.05, 3.63) is 34.9 Å². The van der Waals surface area contributed by atoms with Gasteiger partial charge in [-0.15, -0.1) is 0 Å². The molecule has 0 aliphatic rings. The maximum absolute atomic E-state index is 11.9. The summed E-state index contributed by atoms with van der Waals surface area (Å²) in [4.78, 5) is 10.3. The Morgan fingerprint density at radius 2 is 2.24 bits per heavy atom. The monoisotopic (exact) mass is 262 g/mol. The Labute approximate surface area is 101 Å². The smallest absolute Gasteiger partial charge is 0.328 e. The number of alkyl halides is 2. The number of carbonyl (C=O) groups is 1. The zero-order chi connectivity index (χ0) is 12.8. The average Bonchev–Trinajstić information content (AvgIpc) is 2.24. The van der Waals surface area contributed by atoms with Gasteiger partial charge in [0.25, 0.3) is 6.43 Å². The molecule has 1 aromatic rings. The van der Waals surface area contributed by atoms with E-state index in [4.69, 9.17) is 21.4 Å². The summed E-state index contributed by atoms with van der Waals surface area (Å²) in [6.07, 6.45) is -0.283. The number of aliphatic carboxylic acids is 1. The van der Waals surface area contributed by atoms with Crippen LogP contribution in [0.15, 0.2) is 24.3 Å². The number of ether oxygens (including phenoxy) is 1. The van der Waals surface area contributed by atoms with Crippen LogP contribution in [0.4, 0.5) is 8.78 Å². The van der Waals surface area contributed by atoms with E-state index in [0.29, 0.717) is 5.56 Å². The van der Waals surface area contributed by atoms with Crippen molar-refractivity contribution in [2.45, 2.75) is 6.43 Å². The molecule has 1 aromatic carbocycles. The number of carboxylic acid groups (broad SMARTS) is 1. The van der Waals surface area contributed by atoms with Gasteiger partial charge in [-0.05, 0) is 23.8 Å². The standard InChI is InChI=1S/C11H9ClF2O3/c12-8-5-7(2-4-11(15)16)1-3-9(8)17-6-10(13)14/h1-5,10H,6H2,(H,15,16). The van der Waals surface area contributed by atoms with Crippen molar-refractivity contribution >= 4 is 23.6 Å². The minimum Gasteiger partial charge on any atom is -0.486 e. The second-order valence-corrected chi connectivity index (χ2v) is 3.47. The van der Waals surface area contributed by atoms with E-state index in [9.17, 15) is 13.6 Å². The molecule has 0 bridgehead atoms. The lowest BCUT2D eigenvalue weighted by Crippen LogP contribution is -2.07. The Morgan fingerprint density at radius 3 is 2.76 bits per heavy atom. The summed E-state index contributed by atoms with van der Waals surface area (Å²) in [5.74, 6) is -0.946. The van der Waals surface area contributed by atoms with Gasteiger partial charge in [-0.25, -0.2) is 13.6 Å². The van der Waals surface area contributed by atoms with Crippen LogP contribution < -0.4 is 4.74 Å². The summed E-state index contributed by atoms with van der Waals surface area (Å²) >= 11 is 5.78. The molecule has 0 saturated heterocycles. The lowest BCUT2D eigenvalue weighted by molar-refractivity contribution is -0.131. The quantitative estimate of drug-likeness (QED) is 0.830. The van der Waals surface area contributed by atoms with Crippen LogP contribution in [0.1, 0.15) is 5.56 Å². The van der Waals surface area contributed by atoms with Crippen LogP contribution in [0.5, 0.6) is 5.75 Å². The second kappa shape index (κ2) is 6.20. The minimum absolute atomic E-state index is 0.138. The Morgan fingerprint density at radius 1 is 1.53 bits per heavy atom. The van der Waals surface area contributed by atoms with E-state index >= 15 is 0 Å². The zero-order valence-corrected chi connectivity index (χ0v) is 9.32. The summed E-state index contributed by atoms with van der Waals surface area (Å²) in [6.45, 7) is -0.732. The molecule has 0 heterocycles. The van der Waals surface area contributed by atoms with Gasteiger partial charge in [0.15, 0.2) is 0 Å². The fourth-order valence-corrected chi connectivity index (χ4v) is 1.30. The maximum Gasteiger partial charge on any atom is 0.328 e. The number of carboxylic acids is 1. The fraction of sp³-hybridized carbons (Fsp3) is 0.182. The first-order chi connectivity index (χ1) is 7.99. The molecular weight excluding hydrogens is 254 g/mol. The summed E-state index contributed by atoms with van der Waals surface area (Å²) in [7, 11) is 0. The lowest BCUT2D eigenvalue weighted by Gasteiger charge is -2.07. The van der Waals surface area contributed by atoms with Gasteiger partial charge in [0.05, 0.1) is 5.02 Å². The molecule has 0 spiro atoms. The van der Waals surface area contributed by atoms with E-state index in [1.165, 1.54) is 24.3 Å². The molecule has 0 atom stereocenters. The van der Waals surface area contributed by atoms with E-state index in [2.05, 4.69) is 0 Å². The lowest BCUT2D eigenvalue weighted by atomic mass is 10.2.